The normalized spacial score (nSPS) is 17.2. The molecule has 2 fully saturated rings. The van der Waals surface area contributed by atoms with Crippen molar-refractivity contribution in [3.8, 4) is 5.69 Å². The first-order chi connectivity index (χ1) is 15.7. The first-order valence-corrected chi connectivity index (χ1v) is 11.4. The lowest BCUT2D eigenvalue weighted by molar-refractivity contribution is 0.0699. The van der Waals surface area contributed by atoms with Gasteiger partial charge in [-0.15, -0.1) is 5.10 Å². The van der Waals surface area contributed by atoms with Crippen LogP contribution in [0.3, 0.4) is 0 Å². The third kappa shape index (κ3) is 3.46. The van der Waals surface area contributed by atoms with Gasteiger partial charge in [-0.3, -0.25) is 4.79 Å². The van der Waals surface area contributed by atoms with E-state index in [0.717, 1.165) is 54.1 Å². The average Bonchev–Trinajstić information content (AvgIpc) is 3.43. The first kappa shape index (κ1) is 19.5. The van der Waals surface area contributed by atoms with Crippen molar-refractivity contribution in [2.75, 3.05) is 13.1 Å². The summed E-state index contributed by atoms with van der Waals surface area (Å²) in [6, 6.07) is 15.4. The zero-order valence-corrected chi connectivity index (χ0v) is 18.2. The van der Waals surface area contributed by atoms with Crippen LogP contribution < -0.4 is 0 Å². The van der Waals surface area contributed by atoms with Gasteiger partial charge >= 0.3 is 0 Å². The molecule has 1 aliphatic carbocycles. The molecule has 0 radical (unpaired) electrons. The fraction of sp³-hybridized carbons (Fsp3) is 0.333. The Morgan fingerprint density at radius 1 is 1.00 bits per heavy atom. The summed E-state index contributed by atoms with van der Waals surface area (Å²) in [6.45, 7) is 1.29. The largest absolute Gasteiger partial charge is 0.440 e. The van der Waals surface area contributed by atoms with Crippen LogP contribution >= 0.6 is 11.6 Å². The number of carbonyl (C=O) groups excluding carboxylic acids is 1. The number of piperidine rings is 1. The van der Waals surface area contributed by atoms with Crippen molar-refractivity contribution in [3.63, 3.8) is 0 Å². The number of hydrogen-bond acceptors (Lipinski definition) is 5. The van der Waals surface area contributed by atoms with Gasteiger partial charge in [0, 0.05) is 29.9 Å². The van der Waals surface area contributed by atoms with Crippen LogP contribution in [0.2, 0.25) is 5.02 Å². The van der Waals surface area contributed by atoms with Gasteiger partial charge in [-0.25, -0.2) is 9.67 Å². The number of benzene rings is 2. The van der Waals surface area contributed by atoms with E-state index in [0.29, 0.717) is 29.7 Å². The molecule has 3 heterocycles. The predicted octanol–water partition coefficient (Wildman–Crippen LogP) is 4.96. The summed E-state index contributed by atoms with van der Waals surface area (Å²) >= 11 is 6.07. The van der Waals surface area contributed by atoms with Crippen molar-refractivity contribution in [1.29, 1.82) is 0 Å². The minimum absolute atomic E-state index is 0.0307. The van der Waals surface area contributed by atoms with Crippen LogP contribution in [0, 0.1) is 0 Å². The Labute approximate surface area is 190 Å². The van der Waals surface area contributed by atoms with Crippen molar-refractivity contribution in [2.24, 2.45) is 0 Å². The van der Waals surface area contributed by atoms with Crippen molar-refractivity contribution in [1.82, 2.24) is 24.9 Å². The van der Waals surface area contributed by atoms with Gasteiger partial charge in [0.25, 0.3) is 5.91 Å². The highest BCUT2D eigenvalue weighted by molar-refractivity contribution is 6.31. The highest BCUT2D eigenvalue weighted by atomic mass is 35.5. The van der Waals surface area contributed by atoms with Crippen LogP contribution in [0.4, 0.5) is 0 Å². The van der Waals surface area contributed by atoms with E-state index in [2.05, 4.69) is 15.3 Å². The molecule has 1 saturated heterocycles. The Bertz CT molecular complexity index is 1290. The average molecular weight is 448 g/mol. The lowest BCUT2D eigenvalue weighted by atomic mass is 9.96. The Balaban J connectivity index is 1.20. The molecule has 1 aliphatic heterocycles. The highest BCUT2D eigenvalue weighted by Crippen LogP contribution is 2.42. The van der Waals surface area contributed by atoms with E-state index in [1.54, 1.807) is 6.07 Å². The molecular weight excluding hydrogens is 426 g/mol. The molecular formula is C24H22ClN5O2. The summed E-state index contributed by atoms with van der Waals surface area (Å²) in [4.78, 5) is 19.9. The summed E-state index contributed by atoms with van der Waals surface area (Å²) in [5, 5.41) is 9.31. The molecule has 7 nitrogen and oxygen atoms in total. The Hall–Kier alpha value is -3.19. The topological polar surface area (TPSA) is 77.1 Å². The highest BCUT2D eigenvalue weighted by Gasteiger charge is 2.37. The summed E-state index contributed by atoms with van der Waals surface area (Å²) in [5.74, 6) is 1.24. The van der Waals surface area contributed by atoms with E-state index in [-0.39, 0.29) is 11.8 Å². The lowest BCUT2D eigenvalue weighted by Gasteiger charge is -2.30. The number of hydrogen-bond donors (Lipinski definition) is 0. The molecule has 0 unspecified atom stereocenters. The molecule has 162 valence electrons. The van der Waals surface area contributed by atoms with Crippen molar-refractivity contribution in [3.05, 3.63) is 70.8 Å². The summed E-state index contributed by atoms with van der Waals surface area (Å²) in [6.07, 6.45) is 3.75. The second-order valence-electron chi connectivity index (χ2n) is 8.58. The Morgan fingerprint density at radius 2 is 1.78 bits per heavy atom. The van der Waals surface area contributed by atoms with Crippen LogP contribution in [-0.4, -0.2) is 43.9 Å². The van der Waals surface area contributed by atoms with Crippen LogP contribution in [0.15, 0.2) is 52.9 Å². The van der Waals surface area contributed by atoms with Crippen molar-refractivity contribution in [2.45, 2.75) is 37.5 Å². The quantitative estimate of drug-likeness (QED) is 0.442. The number of likely N-dealkylation sites (tertiary alicyclic amines) is 1. The van der Waals surface area contributed by atoms with Gasteiger partial charge < -0.3 is 9.32 Å². The third-order valence-corrected chi connectivity index (χ3v) is 6.61. The molecule has 6 rings (SSSR count). The van der Waals surface area contributed by atoms with E-state index < -0.39 is 0 Å². The fourth-order valence-electron chi connectivity index (χ4n) is 4.50. The number of halogens is 1. The van der Waals surface area contributed by atoms with E-state index in [1.807, 2.05) is 52.0 Å². The maximum absolute atomic E-state index is 13.4. The molecule has 2 aromatic carbocycles. The van der Waals surface area contributed by atoms with Gasteiger partial charge in [0.05, 0.1) is 11.4 Å². The van der Waals surface area contributed by atoms with E-state index in [9.17, 15) is 4.79 Å². The molecule has 1 saturated carbocycles. The lowest BCUT2D eigenvalue weighted by Crippen LogP contribution is -2.38. The zero-order valence-electron chi connectivity index (χ0n) is 17.4. The minimum atomic E-state index is -0.0307. The molecule has 8 heteroatoms. The number of amides is 1. The van der Waals surface area contributed by atoms with Crippen molar-refractivity contribution >= 4 is 28.6 Å². The van der Waals surface area contributed by atoms with E-state index >= 15 is 0 Å². The number of fused-ring (bicyclic) bond motifs is 1. The van der Waals surface area contributed by atoms with Gasteiger partial charge in [-0.2, -0.15) is 0 Å². The Morgan fingerprint density at radius 3 is 2.53 bits per heavy atom. The number of oxazole rings is 1. The van der Waals surface area contributed by atoms with Crippen LogP contribution in [0.5, 0.6) is 0 Å². The number of para-hydroxylation sites is 1. The second kappa shape index (κ2) is 7.74. The number of nitrogens with zero attached hydrogens (tertiary/aromatic N) is 5. The molecule has 0 atom stereocenters. The third-order valence-electron chi connectivity index (χ3n) is 6.37. The predicted molar refractivity (Wildman–Crippen MR) is 120 cm³/mol. The van der Waals surface area contributed by atoms with Gasteiger partial charge in [0.1, 0.15) is 5.52 Å². The van der Waals surface area contributed by atoms with E-state index in [1.165, 1.54) is 0 Å². The zero-order chi connectivity index (χ0) is 21.7. The molecule has 32 heavy (non-hydrogen) atoms. The van der Waals surface area contributed by atoms with Crippen LogP contribution in [0.25, 0.3) is 16.8 Å². The molecule has 0 N–H and O–H groups in total. The number of aromatic nitrogens is 4. The summed E-state index contributed by atoms with van der Waals surface area (Å²) in [5.41, 5.74) is 3.90. The molecule has 0 bridgehead atoms. The summed E-state index contributed by atoms with van der Waals surface area (Å²) < 4.78 is 7.79. The van der Waals surface area contributed by atoms with Gasteiger partial charge in [0.2, 0.25) is 0 Å². The SMILES string of the molecule is O=C(c1nnn(-c2ccccc2)c1C1CC1)N1CCC(c2nc3cc(Cl)ccc3o2)CC1. The minimum Gasteiger partial charge on any atom is -0.440 e. The van der Waals surface area contributed by atoms with Gasteiger partial charge in [-0.05, 0) is 56.0 Å². The van der Waals surface area contributed by atoms with Crippen molar-refractivity contribution < 1.29 is 9.21 Å². The maximum atomic E-state index is 13.4. The number of carbonyl (C=O) groups is 1. The molecule has 4 aromatic rings. The smallest absolute Gasteiger partial charge is 0.276 e. The molecule has 1 amide bonds. The van der Waals surface area contributed by atoms with Crippen LogP contribution in [-0.2, 0) is 0 Å². The van der Waals surface area contributed by atoms with Crippen LogP contribution in [0.1, 0.15) is 59.6 Å². The molecule has 0 spiro atoms. The molecule has 2 aliphatic rings. The van der Waals surface area contributed by atoms with Gasteiger partial charge in [-0.1, -0.05) is 35.0 Å². The maximum Gasteiger partial charge on any atom is 0.276 e. The van der Waals surface area contributed by atoms with Gasteiger partial charge in [0.15, 0.2) is 17.2 Å². The first-order valence-electron chi connectivity index (χ1n) is 11.0. The molecule has 2 aromatic heterocycles. The Kier molecular flexibility index (Phi) is 4.72. The standard InChI is InChI=1S/C24H22ClN5O2/c25-17-8-9-20-19(14-17)26-23(32-20)16-10-12-29(13-11-16)24(31)21-22(15-6-7-15)30(28-27-21)18-4-2-1-3-5-18/h1-5,8-9,14-16H,6-7,10-13H2. The number of rotatable bonds is 4. The van der Waals surface area contributed by atoms with E-state index in [4.69, 9.17) is 16.0 Å². The monoisotopic (exact) mass is 447 g/mol. The second-order valence-corrected chi connectivity index (χ2v) is 9.01. The fourth-order valence-corrected chi connectivity index (χ4v) is 4.66. The summed E-state index contributed by atoms with van der Waals surface area (Å²) in [7, 11) is 0.